The SMILES string of the molecule is O=C(CCNS(=O)(=O)N1CCC(C(=O)O)CC1)NC1CC1. The Balaban J connectivity index is 1.71. The number of hydrogen-bond acceptors (Lipinski definition) is 4. The van der Waals surface area contributed by atoms with Gasteiger partial charge in [-0.1, -0.05) is 0 Å². The van der Waals surface area contributed by atoms with Crippen molar-refractivity contribution in [3.63, 3.8) is 0 Å². The Bertz CT molecular complexity index is 495. The van der Waals surface area contributed by atoms with E-state index >= 15 is 0 Å². The third-order valence-corrected chi connectivity index (χ3v) is 5.34. The molecule has 8 nitrogen and oxygen atoms in total. The number of hydrogen-bond donors (Lipinski definition) is 3. The maximum Gasteiger partial charge on any atom is 0.306 e. The summed E-state index contributed by atoms with van der Waals surface area (Å²) in [4.78, 5) is 22.3. The lowest BCUT2D eigenvalue weighted by atomic mass is 9.99. The van der Waals surface area contributed by atoms with Crippen molar-refractivity contribution >= 4 is 22.1 Å². The van der Waals surface area contributed by atoms with Crippen LogP contribution in [-0.4, -0.2) is 55.4 Å². The van der Waals surface area contributed by atoms with Crippen molar-refractivity contribution in [2.45, 2.75) is 38.1 Å². The lowest BCUT2D eigenvalue weighted by Gasteiger charge is -2.29. The molecule has 120 valence electrons. The molecule has 2 fully saturated rings. The third kappa shape index (κ3) is 4.94. The molecule has 0 atom stereocenters. The van der Waals surface area contributed by atoms with Crippen molar-refractivity contribution < 1.29 is 23.1 Å². The Morgan fingerprint density at radius 1 is 1.14 bits per heavy atom. The van der Waals surface area contributed by atoms with Crippen LogP contribution in [0.4, 0.5) is 0 Å². The molecule has 0 aromatic rings. The number of piperidine rings is 1. The first kappa shape index (κ1) is 16.2. The summed E-state index contributed by atoms with van der Waals surface area (Å²) in [5.74, 6) is -1.50. The number of nitrogens with zero attached hydrogens (tertiary/aromatic N) is 1. The smallest absolute Gasteiger partial charge is 0.306 e. The minimum absolute atomic E-state index is 0.0553. The lowest BCUT2D eigenvalue weighted by Crippen LogP contribution is -2.46. The van der Waals surface area contributed by atoms with Gasteiger partial charge in [0.05, 0.1) is 5.92 Å². The van der Waals surface area contributed by atoms with Crippen molar-refractivity contribution in [1.29, 1.82) is 0 Å². The number of rotatable bonds is 7. The summed E-state index contributed by atoms with van der Waals surface area (Å²) in [6, 6.07) is 0.268. The van der Waals surface area contributed by atoms with Crippen LogP contribution in [0.2, 0.25) is 0 Å². The van der Waals surface area contributed by atoms with Crippen LogP contribution in [0.15, 0.2) is 0 Å². The van der Waals surface area contributed by atoms with Crippen LogP contribution in [0.5, 0.6) is 0 Å². The first-order valence-electron chi connectivity index (χ1n) is 7.15. The normalized spacial score (nSPS) is 21.1. The molecule has 2 aliphatic rings. The fraction of sp³-hybridized carbons (Fsp3) is 0.833. The Kier molecular flexibility index (Phi) is 5.17. The standard InChI is InChI=1S/C12H21N3O5S/c16-11(14-10-1-2-10)3-6-13-21(19,20)15-7-4-9(5-8-15)12(17)18/h9-10,13H,1-8H2,(H,14,16)(H,17,18). The van der Waals surface area contributed by atoms with Crippen molar-refractivity contribution in [3.8, 4) is 0 Å². The topological polar surface area (TPSA) is 116 Å². The van der Waals surface area contributed by atoms with Gasteiger partial charge in [-0.2, -0.15) is 12.7 Å². The second-order valence-corrected chi connectivity index (χ2v) is 7.26. The van der Waals surface area contributed by atoms with E-state index in [1.807, 2.05) is 0 Å². The van der Waals surface area contributed by atoms with Gasteiger partial charge < -0.3 is 10.4 Å². The highest BCUT2D eigenvalue weighted by Gasteiger charge is 2.30. The predicted molar refractivity (Wildman–Crippen MR) is 74.6 cm³/mol. The molecule has 1 saturated carbocycles. The van der Waals surface area contributed by atoms with Gasteiger partial charge in [-0.25, -0.2) is 4.72 Å². The monoisotopic (exact) mass is 319 g/mol. The third-order valence-electron chi connectivity index (χ3n) is 3.72. The molecule has 2 rings (SSSR count). The van der Waals surface area contributed by atoms with Gasteiger partial charge in [0.25, 0.3) is 10.2 Å². The first-order valence-corrected chi connectivity index (χ1v) is 8.59. The summed E-state index contributed by atoms with van der Waals surface area (Å²) < 4.78 is 27.7. The minimum atomic E-state index is -3.63. The molecular formula is C12H21N3O5S. The zero-order valence-corrected chi connectivity index (χ0v) is 12.6. The largest absolute Gasteiger partial charge is 0.481 e. The Morgan fingerprint density at radius 2 is 1.76 bits per heavy atom. The van der Waals surface area contributed by atoms with E-state index in [4.69, 9.17) is 5.11 Å². The molecule has 1 heterocycles. The van der Waals surface area contributed by atoms with Gasteiger partial charge in [-0.15, -0.1) is 0 Å². The maximum absolute atomic E-state index is 12.0. The highest BCUT2D eigenvalue weighted by Crippen LogP contribution is 2.19. The summed E-state index contributed by atoms with van der Waals surface area (Å²) in [6.07, 6.45) is 2.74. The molecule has 0 bridgehead atoms. The maximum atomic E-state index is 12.0. The number of carboxylic acid groups (broad SMARTS) is 1. The Labute approximate surface area is 124 Å². The molecule has 0 aromatic carbocycles. The molecule has 1 saturated heterocycles. The zero-order chi connectivity index (χ0) is 15.5. The number of carboxylic acids is 1. The Morgan fingerprint density at radius 3 is 2.29 bits per heavy atom. The molecule has 0 unspecified atom stereocenters. The Hall–Kier alpha value is -1.19. The number of aliphatic carboxylic acids is 1. The summed E-state index contributed by atoms with van der Waals surface area (Å²) in [7, 11) is -3.63. The van der Waals surface area contributed by atoms with Gasteiger partial charge in [0, 0.05) is 32.1 Å². The van der Waals surface area contributed by atoms with E-state index in [1.165, 1.54) is 4.31 Å². The van der Waals surface area contributed by atoms with Crippen molar-refractivity contribution in [2.75, 3.05) is 19.6 Å². The number of carbonyl (C=O) groups excluding carboxylic acids is 1. The first-order chi connectivity index (χ1) is 9.88. The van der Waals surface area contributed by atoms with Crippen molar-refractivity contribution in [1.82, 2.24) is 14.3 Å². The zero-order valence-electron chi connectivity index (χ0n) is 11.7. The summed E-state index contributed by atoms with van der Waals surface area (Å²) >= 11 is 0. The lowest BCUT2D eigenvalue weighted by molar-refractivity contribution is -0.143. The molecule has 21 heavy (non-hydrogen) atoms. The van der Waals surface area contributed by atoms with E-state index in [1.54, 1.807) is 0 Å². The van der Waals surface area contributed by atoms with Gasteiger partial charge in [-0.05, 0) is 25.7 Å². The van der Waals surface area contributed by atoms with E-state index in [0.29, 0.717) is 12.8 Å². The van der Waals surface area contributed by atoms with Gasteiger partial charge in [0.1, 0.15) is 0 Å². The second-order valence-electron chi connectivity index (χ2n) is 5.50. The van der Waals surface area contributed by atoms with Crippen LogP contribution >= 0.6 is 0 Å². The highest BCUT2D eigenvalue weighted by molar-refractivity contribution is 7.87. The average molecular weight is 319 g/mol. The van der Waals surface area contributed by atoms with E-state index in [0.717, 1.165) is 12.8 Å². The molecule has 9 heteroatoms. The number of amides is 1. The molecule has 1 aliphatic heterocycles. The molecule has 0 aromatic heterocycles. The minimum Gasteiger partial charge on any atom is -0.481 e. The fourth-order valence-corrected chi connectivity index (χ4v) is 3.49. The quantitative estimate of drug-likeness (QED) is 0.573. The van der Waals surface area contributed by atoms with Crippen LogP contribution in [0.3, 0.4) is 0 Å². The molecule has 3 N–H and O–H groups in total. The average Bonchev–Trinajstić information content (AvgIpc) is 3.22. The van der Waals surface area contributed by atoms with Crippen LogP contribution in [0, 0.1) is 5.92 Å². The molecule has 0 spiro atoms. The van der Waals surface area contributed by atoms with E-state index in [9.17, 15) is 18.0 Å². The van der Waals surface area contributed by atoms with Crippen LogP contribution < -0.4 is 10.0 Å². The number of carbonyl (C=O) groups is 2. The molecular weight excluding hydrogens is 298 g/mol. The summed E-state index contributed by atoms with van der Waals surface area (Å²) in [6.45, 7) is 0.445. The predicted octanol–water partition coefficient (Wildman–Crippen LogP) is -0.714. The fourth-order valence-electron chi connectivity index (χ4n) is 2.26. The van der Waals surface area contributed by atoms with Crippen LogP contribution in [0.25, 0.3) is 0 Å². The van der Waals surface area contributed by atoms with E-state index in [-0.39, 0.29) is 38.0 Å². The van der Waals surface area contributed by atoms with Gasteiger partial charge in [0.15, 0.2) is 0 Å². The van der Waals surface area contributed by atoms with E-state index in [2.05, 4.69) is 10.0 Å². The molecule has 1 amide bonds. The summed E-state index contributed by atoms with van der Waals surface area (Å²) in [5.41, 5.74) is 0. The van der Waals surface area contributed by atoms with Gasteiger partial charge in [-0.3, -0.25) is 9.59 Å². The molecule has 0 radical (unpaired) electrons. The van der Waals surface area contributed by atoms with Crippen LogP contribution in [-0.2, 0) is 19.8 Å². The van der Waals surface area contributed by atoms with Crippen LogP contribution in [0.1, 0.15) is 32.1 Å². The summed E-state index contributed by atoms with van der Waals surface area (Å²) in [5, 5.41) is 11.7. The van der Waals surface area contributed by atoms with E-state index < -0.39 is 22.1 Å². The molecule has 1 aliphatic carbocycles. The second kappa shape index (κ2) is 6.71. The van der Waals surface area contributed by atoms with Crippen molar-refractivity contribution in [2.24, 2.45) is 5.92 Å². The van der Waals surface area contributed by atoms with Gasteiger partial charge >= 0.3 is 5.97 Å². The highest BCUT2D eigenvalue weighted by atomic mass is 32.2. The number of nitrogens with one attached hydrogen (secondary N) is 2. The van der Waals surface area contributed by atoms with Gasteiger partial charge in [0.2, 0.25) is 5.91 Å². The van der Waals surface area contributed by atoms with Crippen molar-refractivity contribution in [3.05, 3.63) is 0 Å².